The Kier molecular flexibility index (Phi) is 4.71. The lowest BCUT2D eigenvalue weighted by atomic mass is 10.0. The predicted octanol–water partition coefficient (Wildman–Crippen LogP) is 3.91. The van der Waals surface area contributed by atoms with Crippen LogP contribution in [0.1, 0.15) is 41.6 Å². The number of nitro groups is 1. The molecule has 1 unspecified atom stereocenters. The summed E-state index contributed by atoms with van der Waals surface area (Å²) >= 11 is 0. The molecule has 2 N–H and O–H groups in total. The monoisotopic (exact) mass is 352 g/mol. The molecule has 0 radical (unpaired) electrons. The number of amides is 1. The van der Waals surface area contributed by atoms with Crippen molar-refractivity contribution in [2.24, 2.45) is 5.92 Å². The summed E-state index contributed by atoms with van der Waals surface area (Å²) in [4.78, 5) is 31.1. The molecule has 0 fully saturated rings. The summed E-state index contributed by atoms with van der Waals surface area (Å²) in [7, 11) is 0. The Hall–Kier alpha value is -3.22. The quantitative estimate of drug-likeness (QED) is 0.537. The number of aromatic amines is 1. The summed E-state index contributed by atoms with van der Waals surface area (Å²) < 4.78 is 0. The lowest BCUT2D eigenvalue weighted by Crippen LogP contribution is -2.32. The first-order valence-electron chi connectivity index (χ1n) is 8.37. The minimum Gasteiger partial charge on any atom is -0.342 e. The van der Waals surface area contributed by atoms with E-state index in [9.17, 15) is 14.9 Å². The number of hydrogen-bond donors (Lipinski definition) is 2. The minimum atomic E-state index is -0.481. The molecule has 3 rings (SSSR count). The van der Waals surface area contributed by atoms with Crippen molar-refractivity contribution in [2.45, 2.75) is 26.8 Å². The number of imidazole rings is 1. The lowest BCUT2D eigenvalue weighted by molar-refractivity contribution is -0.385. The van der Waals surface area contributed by atoms with Gasteiger partial charge >= 0.3 is 0 Å². The van der Waals surface area contributed by atoms with Crippen molar-refractivity contribution in [3.63, 3.8) is 0 Å². The second-order valence-electron chi connectivity index (χ2n) is 6.59. The van der Waals surface area contributed by atoms with Crippen molar-refractivity contribution in [3.8, 4) is 0 Å². The maximum atomic E-state index is 12.7. The number of hydrogen-bond acceptors (Lipinski definition) is 4. The zero-order valence-corrected chi connectivity index (χ0v) is 14.8. The van der Waals surface area contributed by atoms with Crippen molar-refractivity contribution < 1.29 is 9.72 Å². The first-order chi connectivity index (χ1) is 12.4. The Bertz CT molecular complexity index is 945. The number of carbonyl (C=O) groups is 1. The van der Waals surface area contributed by atoms with Crippen molar-refractivity contribution in [3.05, 3.63) is 69.5 Å². The lowest BCUT2D eigenvalue weighted by Gasteiger charge is -2.20. The van der Waals surface area contributed by atoms with E-state index in [2.05, 4.69) is 15.3 Å². The van der Waals surface area contributed by atoms with Crippen LogP contribution in [-0.4, -0.2) is 20.8 Å². The van der Waals surface area contributed by atoms with Crippen LogP contribution in [0, 0.1) is 23.0 Å². The summed E-state index contributed by atoms with van der Waals surface area (Å²) in [5, 5.41) is 14.0. The zero-order valence-electron chi connectivity index (χ0n) is 14.8. The molecule has 0 saturated heterocycles. The van der Waals surface area contributed by atoms with Crippen LogP contribution in [0.3, 0.4) is 0 Å². The predicted molar refractivity (Wildman–Crippen MR) is 99.0 cm³/mol. The highest BCUT2D eigenvalue weighted by Gasteiger charge is 2.23. The third-order valence-corrected chi connectivity index (χ3v) is 4.32. The second-order valence-corrected chi connectivity index (χ2v) is 6.59. The number of aryl methyl sites for hydroxylation is 1. The number of benzene rings is 2. The largest absolute Gasteiger partial charge is 0.342 e. The third-order valence-electron chi connectivity index (χ3n) is 4.32. The van der Waals surface area contributed by atoms with Gasteiger partial charge in [-0.1, -0.05) is 32.0 Å². The van der Waals surface area contributed by atoms with Crippen LogP contribution >= 0.6 is 0 Å². The van der Waals surface area contributed by atoms with Crippen molar-refractivity contribution >= 4 is 22.6 Å². The van der Waals surface area contributed by atoms with Gasteiger partial charge in [-0.2, -0.15) is 0 Å². The molecular weight excluding hydrogens is 332 g/mol. The summed E-state index contributed by atoms with van der Waals surface area (Å²) in [5.41, 5.74) is 2.43. The molecule has 1 atom stereocenters. The molecule has 0 spiro atoms. The summed E-state index contributed by atoms with van der Waals surface area (Å²) in [5.74, 6) is 0.378. The number of fused-ring (bicyclic) bond motifs is 1. The number of rotatable bonds is 5. The topological polar surface area (TPSA) is 101 Å². The van der Waals surface area contributed by atoms with E-state index in [1.165, 1.54) is 6.07 Å². The van der Waals surface area contributed by atoms with E-state index >= 15 is 0 Å². The van der Waals surface area contributed by atoms with Crippen molar-refractivity contribution in [1.29, 1.82) is 0 Å². The van der Waals surface area contributed by atoms with Crippen LogP contribution in [-0.2, 0) is 0 Å². The molecule has 134 valence electrons. The number of nitro benzene ring substituents is 1. The third kappa shape index (κ3) is 3.42. The number of carbonyl (C=O) groups excluding carboxylic acids is 1. The van der Waals surface area contributed by atoms with Gasteiger partial charge in [0.25, 0.3) is 11.6 Å². The van der Waals surface area contributed by atoms with Gasteiger partial charge in [-0.25, -0.2) is 4.98 Å². The molecule has 7 heteroatoms. The molecule has 0 aliphatic carbocycles. The average molecular weight is 352 g/mol. The zero-order chi connectivity index (χ0) is 18.8. The van der Waals surface area contributed by atoms with Gasteiger partial charge in [0.05, 0.1) is 22.0 Å². The van der Waals surface area contributed by atoms with E-state index in [4.69, 9.17) is 0 Å². The van der Waals surface area contributed by atoms with Gasteiger partial charge in [0.15, 0.2) is 0 Å². The fourth-order valence-electron chi connectivity index (χ4n) is 2.84. The van der Waals surface area contributed by atoms with Crippen LogP contribution < -0.4 is 5.32 Å². The van der Waals surface area contributed by atoms with Gasteiger partial charge in [0, 0.05) is 17.2 Å². The minimum absolute atomic E-state index is 0.0671. The SMILES string of the molecule is Cc1ccc(C(=O)NC(c2nc3ccccc3[nH]2)C(C)C)cc1[N+](=O)[O-]. The standard InChI is InChI=1S/C19H20N4O3/c1-11(2)17(18-20-14-6-4-5-7-15(14)21-18)22-19(24)13-9-8-12(3)16(10-13)23(25)26/h4-11,17H,1-3H3,(H,20,21)(H,22,24). The van der Waals surface area contributed by atoms with E-state index < -0.39 is 4.92 Å². The van der Waals surface area contributed by atoms with Crippen molar-refractivity contribution in [1.82, 2.24) is 15.3 Å². The molecule has 2 aromatic carbocycles. The van der Waals surface area contributed by atoms with Crippen LogP contribution in [0.2, 0.25) is 0 Å². The first kappa shape index (κ1) is 17.6. The van der Waals surface area contributed by atoms with Crippen LogP contribution in [0.4, 0.5) is 5.69 Å². The van der Waals surface area contributed by atoms with Gasteiger partial charge in [0.2, 0.25) is 0 Å². The Balaban J connectivity index is 1.89. The average Bonchev–Trinajstić information content (AvgIpc) is 3.02. The second kappa shape index (κ2) is 6.95. The van der Waals surface area contributed by atoms with E-state index in [0.717, 1.165) is 11.0 Å². The highest BCUT2D eigenvalue weighted by atomic mass is 16.6. The van der Waals surface area contributed by atoms with E-state index in [0.29, 0.717) is 11.4 Å². The molecular formula is C19H20N4O3. The summed E-state index contributed by atoms with van der Waals surface area (Å²) in [6.07, 6.45) is 0. The molecule has 0 bridgehead atoms. The normalized spacial score (nSPS) is 12.3. The Morgan fingerprint density at radius 3 is 2.62 bits per heavy atom. The molecule has 1 aromatic heterocycles. The smallest absolute Gasteiger partial charge is 0.273 e. The first-order valence-corrected chi connectivity index (χ1v) is 8.37. The molecule has 0 saturated carbocycles. The number of nitrogens with one attached hydrogen (secondary N) is 2. The highest BCUT2D eigenvalue weighted by Crippen LogP contribution is 2.24. The number of H-pyrrole nitrogens is 1. The van der Waals surface area contributed by atoms with Crippen molar-refractivity contribution in [2.75, 3.05) is 0 Å². The number of aromatic nitrogens is 2. The Labute approximate surface area is 150 Å². The molecule has 0 aliphatic heterocycles. The molecule has 26 heavy (non-hydrogen) atoms. The number of nitrogens with zero attached hydrogens (tertiary/aromatic N) is 2. The van der Waals surface area contributed by atoms with Crippen LogP contribution in [0.5, 0.6) is 0 Å². The maximum absolute atomic E-state index is 12.7. The van der Waals surface area contributed by atoms with Crippen LogP contribution in [0.25, 0.3) is 11.0 Å². The Morgan fingerprint density at radius 2 is 1.96 bits per heavy atom. The van der Waals surface area contributed by atoms with Gasteiger partial charge in [-0.15, -0.1) is 0 Å². The molecule has 1 amide bonds. The van der Waals surface area contributed by atoms with Gasteiger partial charge in [0.1, 0.15) is 5.82 Å². The molecule has 0 aliphatic rings. The fourth-order valence-corrected chi connectivity index (χ4v) is 2.84. The molecule has 3 aromatic rings. The van der Waals surface area contributed by atoms with Crippen LogP contribution in [0.15, 0.2) is 42.5 Å². The summed E-state index contributed by atoms with van der Waals surface area (Å²) in [6.45, 7) is 5.61. The maximum Gasteiger partial charge on any atom is 0.273 e. The van der Waals surface area contributed by atoms with E-state index in [1.807, 2.05) is 38.1 Å². The van der Waals surface area contributed by atoms with Gasteiger partial charge < -0.3 is 10.3 Å². The molecule has 7 nitrogen and oxygen atoms in total. The Morgan fingerprint density at radius 1 is 1.23 bits per heavy atom. The van der Waals surface area contributed by atoms with Gasteiger partial charge in [-0.05, 0) is 31.0 Å². The van der Waals surface area contributed by atoms with E-state index in [-0.39, 0.29) is 29.1 Å². The highest BCUT2D eigenvalue weighted by molar-refractivity contribution is 5.95. The molecule has 1 heterocycles. The number of para-hydroxylation sites is 2. The van der Waals surface area contributed by atoms with Gasteiger partial charge in [-0.3, -0.25) is 14.9 Å². The summed E-state index contributed by atoms with van der Waals surface area (Å²) in [6, 6.07) is 11.8. The fraction of sp³-hybridized carbons (Fsp3) is 0.263. The van der Waals surface area contributed by atoms with E-state index in [1.54, 1.807) is 19.1 Å².